The van der Waals surface area contributed by atoms with Crippen molar-refractivity contribution in [3.8, 4) is 0 Å². The normalized spacial score (nSPS) is 20.7. The molecule has 1 amide bonds. The number of nitrogens with one attached hydrogen (secondary N) is 2. The van der Waals surface area contributed by atoms with E-state index in [9.17, 15) is 4.79 Å². The number of quaternary nitrogens is 1. The molecule has 0 bridgehead atoms. The Morgan fingerprint density at radius 1 is 1.32 bits per heavy atom. The second-order valence-corrected chi connectivity index (χ2v) is 8.21. The predicted molar refractivity (Wildman–Crippen MR) is 104 cm³/mol. The number of hydrogen-bond acceptors (Lipinski definition) is 3. The number of benzene rings is 1. The molecule has 1 aromatic carbocycles. The van der Waals surface area contributed by atoms with E-state index >= 15 is 0 Å². The summed E-state index contributed by atoms with van der Waals surface area (Å²) >= 11 is 1.82. The topological polar surface area (TPSA) is 46.4 Å². The van der Waals surface area contributed by atoms with E-state index in [1.807, 2.05) is 11.3 Å². The first kappa shape index (κ1) is 18.3. The van der Waals surface area contributed by atoms with Gasteiger partial charge in [-0.2, -0.15) is 0 Å². The number of carbonyl (C=O) groups is 1. The number of aromatic nitrogens is 1. The maximum atomic E-state index is 12.2. The summed E-state index contributed by atoms with van der Waals surface area (Å²) < 4.78 is 1.27. The Kier molecular flexibility index (Phi) is 6.82. The standard InChI is InChI=1S/C20H29N3OS/c1-2-3-4-7-12-21-19(24)15-23-13-8-9-16(14-23)20-22-17-10-5-6-11-18(17)25-20/h5-6,10-11,16H,2-4,7-9,12-15H2,1H3,(H,21,24)/p+1/t16-/m1/s1. The zero-order valence-corrected chi connectivity index (χ0v) is 16.0. The monoisotopic (exact) mass is 360 g/mol. The Hall–Kier alpha value is -1.46. The molecule has 3 rings (SSSR count). The van der Waals surface area contributed by atoms with Gasteiger partial charge in [-0.15, -0.1) is 11.3 Å². The number of nitrogens with zero attached hydrogens (tertiary/aromatic N) is 1. The molecule has 0 aliphatic carbocycles. The summed E-state index contributed by atoms with van der Waals surface area (Å²) in [7, 11) is 0. The van der Waals surface area contributed by atoms with Gasteiger partial charge in [0.1, 0.15) is 5.01 Å². The first-order valence-corrected chi connectivity index (χ1v) is 10.5. The Morgan fingerprint density at radius 2 is 2.20 bits per heavy atom. The Labute approximate surface area is 154 Å². The molecule has 0 spiro atoms. The smallest absolute Gasteiger partial charge is 0.275 e. The van der Waals surface area contributed by atoms with E-state index in [2.05, 4.69) is 36.5 Å². The molecule has 0 saturated carbocycles. The molecule has 2 heterocycles. The van der Waals surface area contributed by atoms with Crippen molar-refractivity contribution in [2.24, 2.45) is 0 Å². The number of para-hydroxylation sites is 1. The minimum absolute atomic E-state index is 0.205. The molecule has 1 fully saturated rings. The Balaban J connectivity index is 1.48. The second kappa shape index (κ2) is 9.30. The molecule has 2 atom stereocenters. The van der Waals surface area contributed by atoms with E-state index in [0.29, 0.717) is 12.5 Å². The van der Waals surface area contributed by atoms with Gasteiger partial charge in [-0.3, -0.25) is 4.79 Å². The number of piperidine rings is 1. The van der Waals surface area contributed by atoms with Crippen molar-refractivity contribution in [3.05, 3.63) is 29.3 Å². The molecule has 5 heteroatoms. The van der Waals surface area contributed by atoms with Gasteiger partial charge in [0, 0.05) is 6.54 Å². The summed E-state index contributed by atoms with van der Waals surface area (Å²) in [6, 6.07) is 8.37. The van der Waals surface area contributed by atoms with Crippen LogP contribution in [-0.4, -0.2) is 37.1 Å². The van der Waals surface area contributed by atoms with Crippen LogP contribution in [0.4, 0.5) is 0 Å². The number of carbonyl (C=O) groups excluding carboxylic acids is 1. The molecule has 25 heavy (non-hydrogen) atoms. The first-order chi connectivity index (χ1) is 12.3. The molecule has 136 valence electrons. The van der Waals surface area contributed by atoms with Crippen LogP contribution in [0, 0.1) is 0 Å². The van der Waals surface area contributed by atoms with E-state index in [0.717, 1.165) is 31.6 Å². The highest BCUT2D eigenvalue weighted by molar-refractivity contribution is 7.18. The third-order valence-corrected chi connectivity index (χ3v) is 6.24. The van der Waals surface area contributed by atoms with E-state index in [-0.39, 0.29) is 5.91 Å². The van der Waals surface area contributed by atoms with Crippen LogP contribution in [0.1, 0.15) is 56.4 Å². The summed E-state index contributed by atoms with van der Waals surface area (Å²) in [6.07, 6.45) is 7.19. The van der Waals surface area contributed by atoms with Crippen LogP contribution in [0.15, 0.2) is 24.3 Å². The van der Waals surface area contributed by atoms with Gasteiger partial charge >= 0.3 is 0 Å². The SMILES string of the molecule is CCCCCCNC(=O)C[NH+]1CCC[C@@H](c2nc3ccccc3s2)C1. The lowest BCUT2D eigenvalue weighted by molar-refractivity contribution is -0.898. The van der Waals surface area contributed by atoms with Gasteiger partial charge in [0.25, 0.3) is 5.91 Å². The summed E-state index contributed by atoms with van der Waals surface area (Å²) in [5, 5.41) is 4.34. The van der Waals surface area contributed by atoms with E-state index in [1.165, 1.54) is 46.7 Å². The molecule has 1 unspecified atom stereocenters. The minimum atomic E-state index is 0.205. The van der Waals surface area contributed by atoms with Crippen molar-refractivity contribution in [3.63, 3.8) is 0 Å². The van der Waals surface area contributed by atoms with E-state index in [4.69, 9.17) is 4.98 Å². The zero-order valence-electron chi connectivity index (χ0n) is 15.2. The quantitative estimate of drug-likeness (QED) is 0.711. The fraction of sp³-hybridized carbons (Fsp3) is 0.600. The van der Waals surface area contributed by atoms with E-state index in [1.54, 1.807) is 0 Å². The predicted octanol–water partition coefficient (Wildman–Crippen LogP) is 2.76. The highest BCUT2D eigenvalue weighted by atomic mass is 32.1. The maximum Gasteiger partial charge on any atom is 0.275 e. The summed E-state index contributed by atoms with van der Waals surface area (Å²) in [5.41, 5.74) is 1.11. The van der Waals surface area contributed by atoms with Crippen molar-refractivity contribution in [1.82, 2.24) is 10.3 Å². The number of rotatable bonds is 8. The first-order valence-electron chi connectivity index (χ1n) is 9.72. The van der Waals surface area contributed by atoms with Gasteiger partial charge < -0.3 is 10.2 Å². The third-order valence-electron chi connectivity index (χ3n) is 5.04. The molecule has 1 aliphatic rings. The van der Waals surface area contributed by atoms with Crippen LogP contribution >= 0.6 is 11.3 Å². The average molecular weight is 361 g/mol. The van der Waals surface area contributed by atoms with Crippen molar-refractivity contribution < 1.29 is 9.69 Å². The van der Waals surface area contributed by atoms with Crippen molar-refractivity contribution in [2.45, 2.75) is 51.4 Å². The van der Waals surface area contributed by atoms with Gasteiger partial charge in [-0.1, -0.05) is 38.3 Å². The number of amides is 1. The van der Waals surface area contributed by atoms with Gasteiger partial charge in [0.15, 0.2) is 6.54 Å². The zero-order chi connectivity index (χ0) is 17.5. The highest BCUT2D eigenvalue weighted by Crippen LogP contribution is 2.30. The minimum Gasteiger partial charge on any atom is -0.351 e. The number of thiazole rings is 1. The van der Waals surface area contributed by atoms with E-state index < -0.39 is 0 Å². The molecular formula is C20H30N3OS+. The van der Waals surface area contributed by atoms with Crippen molar-refractivity contribution in [2.75, 3.05) is 26.2 Å². The largest absolute Gasteiger partial charge is 0.351 e. The van der Waals surface area contributed by atoms with Crippen LogP contribution < -0.4 is 10.2 Å². The van der Waals surface area contributed by atoms with Crippen LogP contribution in [0.2, 0.25) is 0 Å². The lowest BCUT2D eigenvalue weighted by atomic mass is 9.99. The molecule has 1 aliphatic heterocycles. The molecule has 1 saturated heterocycles. The molecule has 2 aromatic rings. The fourth-order valence-electron chi connectivity index (χ4n) is 3.66. The van der Waals surface area contributed by atoms with Crippen LogP contribution in [0.3, 0.4) is 0 Å². The van der Waals surface area contributed by atoms with Gasteiger partial charge in [0.05, 0.1) is 29.2 Å². The second-order valence-electron chi connectivity index (χ2n) is 7.15. The van der Waals surface area contributed by atoms with Gasteiger partial charge in [0.2, 0.25) is 0 Å². The third kappa shape index (κ3) is 5.25. The number of likely N-dealkylation sites (tertiary alicyclic amines) is 1. The molecule has 1 aromatic heterocycles. The van der Waals surface area contributed by atoms with Crippen molar-refractivity contribution >= 4 is 27.5 Å². The van der Waals surface area contributed by atoms with Crippen molar-refractivity contribution in [1.29, 1.82) is 0 Å². The lowest BCUT2D eigenvalue weighted by Crippen LogP contribution is -3.14. The Morgan fingerprint density at radius 3 is 3.04 bits per heavy atom. The van der Waals surface area contributed by atoms with Gasteiger partial charge in [-0.25, -0.2) is 4.98 Å². The maximum absolute atomic E-state index is 12.2. The number of hydrogen-bond donors (Lipinski definition) is 2. The Bertz CT molecular complexity index is 651. The lowest BCUT2D eigenvalue weighted by Gasteiger charge is -2.28. The van der Waals surface area contributed by atoms with Crippen LogP contribution in [0.25, 0.3) is 10.2 Å². The molecular weight excluding hydrogens is 330 g/mol. The van der Waals surface area contributed by atoms with Gasteiger partial charge in [-0.05, 0) is 31.4 Å². The summed E-state index contributed by atoms with van der Waals surface area (Å²) in [5.74, 6) is 0.704. The number of fused-ring (bicyclic) bond motifs is 1. The van der Waals surface area contributed by atoms with Crippen LogP contribution in [0.5, 0.6) is 0 Å². The molecule has 0 radical (unpaired) electrons. The molecule has 4 nitrogen and oxygen atoms in total. The average Bonchev–Trinajstić information content (AvgIpc) is 3.06. The summed E-state index contributed by atoms with van der Waals surface area (Å²) in [4.78, 5) is 18.4. The van der Waals surface area contributed by atoms with Crippen LogP contribution in [-0.2, 0) is 4.79 Å². The number of unbranched alkanes of at least 4 members (excludes halogenated alkanes) is 3. The summed E-state index contributed by atoms with van der Waals surface area (Å²) in [6.45, 7) is 5.77. The highest BCUT2D eigenvalue weighted by Gasteiger charge is 2.28. The fourth-order valence-corrected chi connectivity index (χ4v) is 4.76. The molecule has 2 N–H and O–H groups in total.